The lowest BCUT2D eigenvalue weighted by atomic mass is 9.87. The fourth-order valence-corrected chi connectivity index (χ4v) is 5.05. The highest BCUT2D eigenvalue weighted by Gasteiger charge is 2.42. The zero-order valence-electron chi connectivity index (χ0n) is 21.5. The molecule has 194 valence electrons. The number of benzene rings is 1. The van der Waals surface area contributed by atoms with Crippen LogP contribution in [0.15, 0.2) is 24.3 Å². The molecule has 0 aliphatic heterocycles. The minimum Gasteiger partial charge on any atom is -0.444 e. The number of nitrogens with zero attached hydrogens (tertiary/aromatic N) is 1. The van der Waals surface area contributed by atoms with E-state index in [4.69, 9.17) is 4.74 Å². The quantitative estimate of drug-likeness (QED) is 0.449. The lowest BCUT2D eigenvalue weighted by molar-refractivity contribution is -0.147. The van der Waals surface area contributed by atoms with Gasteiger partial charge in [0.2, 0.25) is 11.8 Å². The van der Waals surface area contributed by atoms with Crippen molar-refractivity contribution in [3.05, 3.63) is 35.4 Å². The molecule has 2 fully saturated rings. The molecule has 2 aliphatic rings. The number of rotatable bonds is 8. The van der Waals surface area contributed by atoms with Crippen LogP contribution in [0, 0.1) is 6.92 Å². The molecule has 2 unspecified atom stereocenters. The van der Waals surface area contributed by atoms with Crippen molar-refractivity contribution in [2.24, 2.45) is 0 Å². The smallest absolute Gasteiger partial charge is 0.408 e. The molecular weight excluding hydrogens is 462 g/mol. The van der Waals surface area contributed by atoms with Gasteiger partial charge in [-0.05, 0) is 65.4 Å². The van der Waals surface area contributed by atoms with Gasteiger partial charge in [-0.1, -0.05) is 49.1 Å². The van der Waals surface area contributed by atoms with E-state index < -0.39 is 23.8 Å². The van der Waals surface area contributed by atoms with E-state index in [2.05, 4.69) is 23.3 Å². The molecule has 0 spiro atoms. The molecule has 7 nitrogen and oxygen atoms in total. The molecule has 35 heavy (non-hydrogen) atoms. The highest BCUT2D eigenvalue weighted by atomic mass is 32.1. The first kappa shape index (κ1) is 27.4. The summed E-state index contributed by atoms with van der Waals surface area (Å²) in [6.45, 7) is 7.30. The topological polar surface area (TPSA) is 87.7 Å². The van der Waals surface area contributed by atoms with Gasteiger partial charge in [-0.25, -0.2) is 4.79 Å². The fourth-order valence-electron chi connectivity index (χ4n) is 4.80. The number of hydrogen-bond acceptors (Lipinski definition) is 5. The number of alkyl carbamates (subject to hydrolysis) is 1. The second-order valence-corrected chi connectivity index (χ2v) is 11.2. The van der Waals surface area contributed by atoms with Gasteiger partial charge in [0, 0.05) is 17.8 Å². The molecule has 2 saturated carbocycles. The SMILES string of the molecule is Cc1cccc(C(C(=O)NC2CCCCC2)N(C(=O)C(CS)NC(=O)OC(C)(C)C)C2CCC2)c1. The zero-order valence-corrected chi connectivity index (χ0v) is 22.4. The number of thiol groups is 1. The van der Waals surface area contributed by atoms with Crippen LogP contribution in [0.1, 0.15) is 89.3 Å². The van der Waals surface area contributed by atoms with E-state index in [1.54, 1.807) is 25.7 Å². The predicted molar refractivity (Wildman–Crippen MR) is 140 cm³/mol. The number of aryl methyl sites for hydroxylation is 1. The minimum absolute atomic E-state index is 0.0621. The maximum atomic E-state index is 13.9. The normalized spacial score (nSPS) is 18.7. The van der Waals surface area contributed by atoms with Gasteiger partial charge >= 0.3 is 6.09 Å². The Hall–Kier alpha value is -2.22. The van der Waals surface area contributed by atoms with Crippen molar-refractivity contribution in [2.45, 2.75) is 109 Å². The summed E-state index contributed by atoms with van der Waals surface area (Å²) in [5.41, 5.74) is 1.12. The van der Waals surface area contributed by atoms with Gasteiger partial charge in [0.25, 0.3) is 0 Å². The maximum Gasteiger partial charge on any atom is 0.408 e. The Balaban J connectivity index is 1.91. The van der Waals surface area contributed by atoms with Crippen LogP contribution in [0.4, 0.5) is 4.79 Å². The van der Waals surface area contributed by atoms with E-state index in [1.165, 1.54) is 6.42 Å². The molecule has 1 aromatic rings. The van der Waals surface area contributed by atoms with Crippen LogP contribution in [-0.4, -0.2) is 52.3 Å². The summed E-state index contributed by atoms with van der Waals surface area (Å²) in [7, 11) is 0. The van der Waals surface area contributed by atoms with Crippen molar-refractivity contribution >= 4 is 30.5 Å². The van der Waals surface area contributed by atoms with E-state index in [1.807, 2.05) is 31.2 Å². The summed E-state index contributed by atoms with van der Waals surface area (Å²) in [5.74, 6) is -0.356. The summed E-state index contributed by atoms with van der Waals surface area (Å²) >= 11 is 4.36. The van der Waals surface area contributed by atoms with Crippen molar-refractivity contribution in [1.82, 2.24) is 15.5 Å². The van der Waals surface area contributed by atoms with Crippen LogP contribution in [-0.2, 0) is 14.3 Å². The van der Waals surface area contributed by atoms with Crippen LogP contribution in [0.25, 0.3) is 0 Å². The fraction of sp³-hybridized carbons (Fsp3) is 0.667. The molecule has 1 aromatic carbocycles. The van der Waals surface area contributed by atoms with Gasteiger partial charge in [0.1, 0.15) is 17.7 Å². The minimum atomic E-state index is -0.899. The van der Waals surface area contributed by atoms with Gasteiger partial charge in [-0.15, -0.1) is 0 Å². The molecule has 3 rings (SSSR count). The van der Waals surface area contributed by atoms with Crippen LogP contribution in [0.5, 0.6) is 0 Å². The molecule has 0 bridgehead atoms. The Labute approximate surface area is 215 Å². The molecule has 0 radical (unpaired) electrons. The van der Waals surface area contributed by atoms with E-state index in [0.29, 0.717) is 0 Å². The first-order chi connectivity index (χ1) is 16.6. The molecule has 2 N–H and O–H groups in total. The van der Waals surface area contributed by atoms with Gasteiger partial charge in [-0.3, -0.25) is 9.59 Å². The second kappa shape index (κ2) is 12.2. The number of amides is 3. The Morgan fingerprint density at radius 1 is 1.09 bits per heavy atom. The number of nitrogens with one attached hydrogen (secondary N) is 2. The molecule has 2 aliphatic carbocycles. The van der Waals surface area contributed by atoms with E-state index in [-0.39, 0.29) is 29.7 Å². The Kier molecular flexibility index (Phi) is 9.50. The highest BCUT2D eigenvalue weighted by Crippen LogP contribution is 2.34. The van der Waals surface area contributed by atoms with Gasteiger partial charge in [0.15, 0.2) is 0 Å². The summed E-state index contributed by atoms with van der Waals surface area (Å²) in [4.78, 5) is 41.9. The number of hydrogen-bond donors (Lipinski definition) is 3. The monoisotopic (exact) mass is 503 g/mol. The molecule has 8 heteroatoms. The average molecular weight is 504 g/mol. The summed E-state index contributed by atoms with van der Waals surface area (Å²) < 4.78 is 5.38. The van der Waals surface area contributed by atoms with E-state index in [9.17, 15) is 14.4 Å². The third-order valence-electron chi connectivity index (χ3n) is 6.73. The number of carbonyl (C=O) groups excluding carboxylic acids is 3. The first-order valence-electron chi connectivity index (χ1n) is 12.9. The zero-order chi connectivity index (χ0) is 25.6. The van der Waals surface area contributed by atoms with Gasteiger partial charge in [-0.2, -0.15) is 12.6 Å². The molecule has 2 atom stereocenters. The standard InChI is InChI=1S/C27H41N3O4S/c1-18-10-8-11-19(16-18)23(24(31)28-20-12-6-5-7-13-20)30(21-14-9-15-21)25(32)22(17-35)29-26(33)34-27(2,3)4/h8,10-11,16,20-23,35H,5-7,9,12-15,17H2,1-4H3,(H,28,31)(H,29,33). The third-order valence-corrected chi connectivity index (χ3v) is 7.10. The van der Waals surface area contributed by atoms with Crippen molar-refractivity contribution < 1.29 is 19.1 Å². The molecule has 0 saturated heterocycles. The number of ether oxygens (including phenoxy) is 1. The van der Waals surface area contributed by atoms with Crippen LogP contribution in [0.3, 0.4) is 0 Å². The lowest BCUT2D eigenvalue weighted by Gasteiger charge is -2.44. The van der Waals surface area contributed by atoms with Crippen LogP contribution < -0.4 is 10.6 Å². The van der Waals surface area contributed by atoms with Crippen molar-refractivity contribution in [1.29, 1.82) is 0 Å². The molecular formula is C27H41N3O4S. The Bertz CT molecular complexity index is 891. The maximum absolute atomic E-state index is 13.9. The molecule has 0 heterocycles. The predicted octanol–water partition coefficient (Wildman–Crippen LogP) is 4.69. The van der Waals surface area contributed by atoms with Gasteiger partial charge < -0.3 is 20.3 Å². The third kappa shape index (κ3) is 7.63. The Morgan fingerprint density at radius 2 is 1.77 bits per heavy atom. The van der Waals surface area contributed by atoms with Crippen LogP contribution >= 0.6 is 12.6 Å². The molecule has 0 aromatic heterocycles. The second-order valence-electron chi connectivity index (χ2n) is 10.9. The van der Waals surface area contributed by atoms with Crippen LogP contribution in [0.2, 0.25) is 0 Å². The van der Waals surface area contributed by atoms with E-state index >= 15 is 0 Å². The summed E-state index contributed by atoms with van der Waals surface area (Å²) in [6, 6.07) is 6.19. The summed E-state index contributed by atoms with van der Waals surface area (Å²) in [5, 5.41) is 5.92. The van der Waals surface area contributed by atoms with E-state index in [0.717, 1.165) is 56.1 Å². The average Bonchev–Trinajstić information content (AvgIpc) is 2.75. The van der Waals surface area contributed by atoms with Gasteiger partial charge in [0.05, 0.1) is 0 Å². The lowest BCUT2D eigenvalue weighted by Crippen LogP contribution is -2.58. The first-order valence-corrected chi connectivity index (χ1v) is 13.5. The van der Waals surface area contributed by atoms with Crippen molar-refractivity contribution in [2.75, 3.05) is 5.75 Å². The van der Waals surface area contributed by atoms with Crippen molar-refractivity contribution in [3.63, 3.8) is 0 Å². The largest absolute Gasteiger partial charge is 0.444 e. The summed E-state index contributed by atoms with van der Waals surface area (Å²) in [6.07, 6.45) is 7.32. The molecule has 3 amide bonds. The van der Waals surface area contributed by atoms with Crippen molar-refractivity contribution in [3.8, 4) is 0 Å². The Morgan fingerprint density at radius 3 is 2.31 bits per heavy atom. The highest BCUT2D eigenvalue weighted by molar-refractivity contribution is 7.80. The number of carbonyl (C=O) groups is 3.